The fraction of sp³-hybridized carbons (Fsp3) is 0.231. The monoisotopic (exact) mass is 581 g/mol. The number of nitrogens with one attached hydrogen (secondary N) is 1. The molecule has 0 aliphatic heterocycles. The summed E-state index contributed by atoms with van der Waals surface area (Å²) in [5, 5.41) is 3.74. The van der Waals surface area contributed by atoms with Gasteiger partial charge in [-0.15, -0.1) is 0 Å². The van der Waals surface area contributed by atoms with Gasteiger partial charge >= 0.3 is 0 Å². The molecule has 0 saturated carbocycles. The molecule has 1 unspecified atom stereocenters. The summed E-state index contributed by atoms with van der Waals surface area (Å²) in [5.41, 5.74) is 0.927. The van der Waals surface area contributed by atoms with Crippen molar-refractivity contribution in [3.63, 3.8) is 0 Å². The van der Waals surface area contributed by atoms with Crippen LogP contribution in [0.1, 0.15) is 19.4 Å². The van der Waals surface area contributed by atoms with E-state index in [1.54, 1.807) is 62.4 Å². The molecular weight excluding hydrogens is 557 g/mol. The Morgan fingerprint density at radius 3 is 2.16 bits per heavy atom. The maximum Gasteiger partial charge on any atom is 0.264 e. The van der Waals surface area contributed by atoms with Crippen molar-refractivity contribution in [3.8, 4) is 0 Å². The van der Waals surface area contributed by atoms with Gasteiger partial charge in [-0.05, 0) is 67.9 Å². The molecule has 0 aromatic heterocycles. The van der Waals surface area contributed by atoms with Crippen molar-refractivity contribution < 1.29 is 18.0 Å². The number of sulfonamides is 1. The molecule has 1 N–H and O–H groups in total. The largest absolute Gasteiger partial charge is 0.355 e. The van der Waals surface area contributed by atoms with Gasteiger partial charge < -0.3 is 10.2 Å². The van der Waals surface area contributed by atoms with E-state index in [4.69, 9.17) is 34.8 Å². The lowest BCUT2D eigenvalue weighted by Gasteiger charge is -2.32. The second kappa shape index (κ2) is 12.6. The number of likely N-dealkylation sites (N-methyl/N-ethyl adjacent to an activating group) is 1. The molecule has 1 atom stereocenters. The van der Waals surface area contributed by atoms with Crippen molar-refractivity contribution in [2.24, 2.45) is 0 Å². The van der Waals surface area contributed by atoms with Gasteiger partial charge in [-0.1, -0.05) is 59.1 Å². The van der Waals surface area contributed by atoms with Crippen LogP contribution in [0, 0.1) is 0 Å². The normalized spacial score (nSPS) is 12.0. The summed E-state index contributed by atoms with van der Waals surface area (Å²) in [6.45, 7) is 3.20. The number of halogens is 3. The van der Waals surface area contributed by atoms with Crippen LogP contribution < -0.4 is 9.62 Å². The molecule has 196 valence electrons. The van der Waals surface area contributed by atoms with Crippen LogP contribution in [0.3, 0.4) is 0 Å². The molecule has 0 fully saturated rings. The zero-order chi connectivity index (χ0) is 27.2. The Labute approximate surface area is 232 Å². The van der Waals surface area contributed by atoms with E-state index in [9.17, 15) is 18.0 Å². The number of para-hydroxylation sites is 1. The molecule has 3 aromatic carbocycles. The number of hydrogen-bond acceptors (Lipinski definition) is 4. The van der Waals surface area contributed by atoms with Crippen LogP contribution >= 0.6 is 34.8 Å². The van der Waals surface area contributed by atoms with E-state index in [1.807, 2.05) is 0 Å². The number of benzene rings is 3. The predicted octanol–water partition coefficient (Wildman–Crippen LogP) is 5.40. The van der Waals surface area contributed by atoms with Gasteiger partial charge in [-0.3, -0.25) is 13.9 Å². The van der Waals surface area contributed by atoms with E-state index in [0.29, 0.717) is 32.9 Å². The SMILES string of the molecule is CCNC(=O)C(C)N(Cc1ccc(Cl)c(Cl)c1)C(=O)CN(c1ccccc1)S(=O)(=O)c1ccc(Cl)cc1. The van der Waals surface area contributed by atoms with E-state index in [0.717, 1.165) is 4.31 Å². The third kappa shape index (κ3) is 7.17. The van der Waals surface area contributed by atoms with Crippen LogP contribution in [-0.2, 0) is 26.2 Å². The van der Waals surface area contributed by atoms with Crippen molar-refractivity contribution in [1.82, 2.24) is 10.2 Å². The summed E-state index contributed by atoms with van der Waals surface area (Å²) in [4.78, 5) is 27.7. The molecule has 3 rings (SSSR count). The molecule has 0 saturated heterocycles. The smallest absolute Gasteiger partial charge is 0.264 e. The summed E-state index contributed by atoms with van der Waals surface area (Å²) in [6, 6.07) is 18.0. The molecule has 11 heteroatoms. The van der Waals surface area contributed by atoms with Crippen LogP contribution in [0.5, 0.6) is 0 Å². The zero-order valence-electron chi connectivity index (χ0n) is 20.2. The second-order valence-corrected chi connectivity index (χ2v) is 11.3. The molecule has 0 radical (unpaired) electrons. The summed E-state index contributed by atoms with van der Waals surface area (Å²) in [5.74, 6) is -0.950. The first-order valence-electron chi connectivity index (χ1n) is 11.4. The van der Waals surface area contributed by atoms with E-state index < -0.39 is 28.5 Å². The van der Waals surface area contributed by atoms with Gasteiger partial charge in [0.05, 0.1) is 20.6 Å². The lowest BCUT2D eigenvalue weighted by molar-refractivity contribution is -0.139. The number of nitrogens with zero attached hydrogens (tertiary/aromatic N) is 2. The zero-order valence-corrected chi connectivity index (χ0v) is 23.3. The molecule has 0 aliphatic carbocycles. The fourth-order valence-corrected chi connectivity index (χ4v) is 5.46. The van der Waals surface area contributed by atoms with E-state index in [2.05, 4.69) is 5.32 Å². The van der Waals surface area contributed by atoms with Gasteiger partial charge in [-0.2, -0.15) is 0 Å². The van der Waals surface area contributed by atoms with Crippen molar-refractivity contribution in [2.45, 2.75) is 31.3 Å². The predicted molar refractivity (Wildman–Crippen MR) is 148 cm³/mol. The minimum atomic E-state index is -4.15. The van der Waals surface area contributed by atoms with Crippen molar-refractivity contribution >= 4 is 62.3 Å². The first kappa shape index (κ1) is 28.8. The third-order valence-electron chi connectivity index (χ3n) is 5.58. The number of amides is 2. The standard InChI is InChI=1S/C26H26Cl3N3O4S/c1-3-30-26(34)18(2)31(16-19-9-14-23(28)24(29)15-19)25(33)17-32(21-7-5-4-6-8-21)37(35,36)22-12-10-20(27)11-13-22/h4-15,18H,3,16-17H2,1-2H3,(H,30,34). The van der Waals surface area contributed by atoms with Gasteiger partial charge in [0, 0.05) is 18.1 Å². The Kier molecular flexibility index (Phi) is 9.84. The van der Waals surface area contributed by atoms with E-state index in [1.165, 1.54) is 29.2 Å². The molecule has 37 heavy (non-hydrogen) atoms. The van der Waals surface area contributed by atoms with E-state index >= 15 is 0 Å². The van der Waals surface area contributed by atoms with Gasteiger partial charge in [0.25, 0.3) is 10.0 Å². The van der Waals surface area contributed by atoms with Crippen molar-refractivity contribution in [3.05, 3.63) is 93.4 Å². The quantitative estimate of drug-likeness (QED) is 0.347. The molecule has 0 aliphatic rings. The van der Waals surface area contributed by atoms with Crippen LogP contribution in [0.25, 0.3) is 0 Å². The topological polar surface area (TPSA) is 86.8 Å². The van der Waals surface area contributed by atoms with Gasteiger partial charge in [0.1, 0.15) is 12.6 Å². The summed E-state index contributed by atoms with van der Waals surface area (Å²) in [6.07, 6.45) is 0. The molecule has 2 amide bonds. The fourth-order valence-electron chi connectivity index (χ4n) is 3.60. The van der Waals surface area contributed by atoms with Crippen molar-refractivity contribution in [2.75, 3.05) is 17.4 Å². The Bertz CT molecular complexity index is 1350. The average molecular weight is 583 g/mol. The highest BCUT2D eigenvalue weighted by Crippen LogP contribution is 2.26. The maximum absolute atomic E-state index is 13.7. The molecule has 7 nitrogen and oxygen atoms in total. The molecule has 0 heterocycles. The van der Waals surface area contributed by atoms with Crippen LogP contribution in [-0.4, -0.2) is 44.3 Å². The van der Waals surface area contributed by atoms with Crippen LogP contribution in [0.4, 0.5) is 5.69 Å². The van der Waals surface area contributed by atoms with Gasteiger partial charge in [0.15, 0.2) is 0 Å². The van der Waals surface area contributed by atoms with Gasteiger partial charge in [0.2, 0.25) is 11.8 Å². The first-order chi connectivity index (χ1) is 17.5. The summed E-state index contributed by atoms with van der Waals surface area (Å²) in [7, 11) is -4.15. The molecular formula is C26H26Cl3N3O4S. The first-order valence-corrected chi connectivity index (χ1v) is 14.0. The Balaban J connectivity index is 2.01. The highest BCUT2D eigenvalue weighted by Gasteiger charge is 2.32. The minimum Gasteiger partial charge on any atom is -0.355 e. The second-order valence-electron chi connectivity index (χ2n) is 8.14. The Morgan fingerprint density at radius 2 is 1.57 bits per heavy atom. The molecule has 0 spiro atoms. The highest BCUT2D eigenvalue weighted by molar-refractivity contribution is 7.92. The van der Waals surface area contributed by atoms with Crippen LogP contribution in [0.2, 0.25) is 15.1 Å². The molecule has 0 bridgehead atoms. The lowest BCUT2D eigenvalue weighted by Crippen LogP contribution is -2.51. The lowest BCUT2D eigenvalue weighted by atomic mass is 10.1. The minimum absolute atomic E-state index is 0.0116. The number of rotatable bonds is 10. The third-order valence-corrected chi connectivity index (χ3v) is 8.36. The van der Waals surface area contributed by atoms with Gasteiger partial charge in [-0.25, -0.2) is 8.42 Å². The maximum atomic E-state index is 13.7. The van der Waals surface area contributed by atoms with E-state index in [-0.39, 0.29) is 17.3 Å². The molecule has 3 aromatic rings. The number of carbonyl (C=O) groups excluding carboxylic acids is 2. The van der Waals surface area contributed by atoms with Crippen molar-refractivity contribution in [1.29, 1.82) is 0 Å². The summed E-state index contributed by atoms with van der Waals surface area (Å²) >= 11 is 18.1. The average Bonchev–Trinajstić information content (AvgIpc) is 2.88. The summed E-state index contributed by atoms with van der Waals surface area (Å²) < 4.78 is 28.3. The Morgan fingerprint density at radius 1 is 0.919 bits per heavy atom. The Hall–Kier alpha value is -2.78. The highest BCUT2D eigenvalue weighted by atomic mass is 35.5. The number of anilines is 1. The van der Waals surface area contributed by atoms with Crippen LogP contribution in [0.15, 0.2) is 77.7 Å². The number of hydrogen-bond donors (Lipinski definition) is 1. The number of carbonyl (C=O) groups is 2.